The summed E-state index contributed by atoms with van der Waals surface area (Å²) in [5.74, 6) is 0. The smallest absolute Gasteiger partial charge is 0.407 e. The van der Waals surface area contributed by atoms with Crippen LogP contribution in [0.4, 0.5) is 9.59 Å². The molecule has 1 saturated heterocycles. The van der Waals surface area contributed by atoms with Crippen molar-refractivity contribution in [2.24, 2.45) is 5.41 Å². The lowest BCUT2D eigenvalue weighted by molar-refractivity contribution is 0.0527. The Morgan fingerprint density at radius 2 is 1.76 bits per heavy atom. The summed E-state index contributed by atoms with van der Waals surface area (Å²) in [5.41, 5.74) is 0.228. The highest BCUT2D eigenvalue weighted by molar-refractivity contribution is 5.74. The fourth-order valence-corrected chi connectivity index (χ4v) is 3.35. The molecule has 29 heavy (non-hydrogen) atoms. The number of amides is 3. The molecule has 1 aliphatic heterocycles. The molecule has 2 N–H and O–H groups in total. The largest absolute Gasteiger partial charge is 0.444 e. The maximum atomic E-state index is 12.4. The highest BCUT2D eigenvalue weighted by Crippen LogP contribution is 2.34. The van der Waals surface area contributed by atoms with E-state index in [1.165, 1.54) is 0 Å². The number of benzene rings is 1. The van der Waals surface area contributed by atoms with Crippen molar-refractivity contribution in [2.75, 3.05) is 26.2 Å². The molecule has 1 aromatic carbocycles. The first-order chi connectivity index (χ1) is 13.7. The van der Waals surface area contributed by atoms with Crippen molar-refractivity contribution >= 4 is 12.1 Å². The predicted octanol–water partition coefficient (Wildman–Crippen LogP) is 3.46. The summed E-state index contributed by atoms with van der Waals surface area (Å²) < 4.78 is 5.16. The zero-order chi connectivity index (χ0) is 21.3. The second-order valence-electron chi connectivity index (χ2n) is 8.56. The number of nitriles is 1. The Hall–Kier alpha value is -2.75. The van der Waals surface area contributed by atoms with Crippen molar-refractivity contribution in [3.05, 3.63) is 35.9 Å². The number of hydrogen-bond acceptors (Lipinski definition) is 4. The molecule has 2 rings (SSSR count). The van der Waals surface area contributed by atoms with Gasteiger partial charge in [-0.2, -0.15) is 5.26 Å². The molecule has 7 nitrogen and oxygen atoms in total. The number of hydrogen-bond donors (Lipinski definition) is 2. The molecule has 1 aliphatic rings. The van der Waals surface area contributed by atoms with Crippen LogP contribution in [0.25, 0.3) is 0 Å². The van der Waals surface area contributed by atoms with Crippen LogP contribution in [-0.4, -0.2) is 48.8 Å². The number of carbonyl (C=O) groups excluding carboxylic acids is 2. The van der Waals surface area contributed by atoms with Gasteiger partial charge in [-0.05, 0) is 52.0 Å². The van der Waals surface area contributed by atoms with Crippen LogP contribution in [0.5, 0.6) is 0 Å². The van der Waals surface area contributed by atoms with Gasteiger partial charge < -0.3 is 20.3 Å². The maximum absolute atomic E-state index is 12.4. The SMILES string of the molecule is CC(C)(C)OC(=O)NCCCNC(=O)N1CCC(C#N)(Cc2ccccc2)CC1. The molecular weight excluding hydrogens is 368 g/mol. The van der Waals surface area contributed by atoms with Crippen LogP contribution < -0.4 is 10.6 Å². The van der Waals surface area contributed by atoms with E-state index in [0.717, 1.165) is 12.0 Å². The number of rotatable bonds is 6. The van der Waals surface area contributed by atoms with E-state index in [-0.39, 0.29) is 6.03 Å². The van der Waals surface area contributed by atoms with Crippen molar-refractivity contribution in [1.82, 2.24) is 15.5 Å². The number of carbonyl (C=O) groups is 2. The summed E-state index contributed by atoms with van der Waals surface area (Å²) in [5, 5.41) is 15.3. The highest BCUT2D eigenvalue weighted by Gasteiger charge is 2.36. The molecule has 0 radical (unpaired) electrons. The molecule has 0 spiro atoms. The summed E-state index contributed by atoms with van der Waals surface area (Å²) in [7, 11) is 0. The van der Waals surface area contributed by atoms with Crippen molar-refractivity contribution in [3.63, 3.8) is 0 Å². The Kier molecular flexibility index (Phi) is 7.89. The first-order valence-electron chi connectivity index (χ1n) is 10.2. The number of ether oxygens (including phenoxy) is 1. The van der Waals surface area contributed by atoms with Crippen molar-refractivity contribution in [2.45, 2.75) is 52.1 Å². The predicted molar refractivity (Wildman–Crippen MR) is 111 cm³/mol. The third-order valence-electron chi connectivity index (χ3n) is 4.93. The van der Waals surface area contributed by atoms with E-state index in [4.69, 9.17) is 4.74 Å². The summed E-state index contributed by atoms with van der Waals surface area (Å²) in [4.78, 5) is 25.7. The van der Waals surface area contributed by atoms with Gasteiger partial charge in [-0.25, -0.2) is 9.59 Å². The zero-order valence-electron chi connectivity index (χ0n) is 17.7. The van der Waals surface area contributed by atoms with Gasteiger partial charge in [0.2, 0.25) is 0 Å². The van der Waals surface area contributed by atoms with Crippen LogP contribution in [0.1, 0.15) is 45.6 Å². The average Bonchev–Trinajstić information content (AvgIpc) is 2.67. The molecule has 1 aromatic rings. The van der Waals surface area contributed by atoms with Gasteiger partial charge in [0.25, 0.3) is 0 Å². The minimum Gasteiger partial charge on any atom is -0.444 e. The van der Waals surface area contributed by atoms with Crippen LogP contribution in [-0.2, 0) is 11.2 Å². The number of alkyl carbamates (subject to hydrolysis) is 1. The van der Waals surface area contributed by atoms with Crippen molar-refractivity contribution in [1.29, 1.82) is 5.26 Å². The van der Waals surface area contributed by atoms with Crippen LogP contribution in [0.2, 0.25) is 0 Å². The number of urea groups is 1. The summed E-state index contributed by atoms with van der Waals surface area (Å²) in [6.45, 7) is 7.48. The molecule has 0 aliphatic carbocycles. The first-order valence-corrected chi connectivity index (χ1v) is 10.2. The van der Waals surface area contributed by atoms with E-state index in [9.17, 15) is 14.9 Å². The topological polar surface area (TPSA) is 94.5 Å². The van der Waals surface area contributed by atoms with Gasteiger partial charge in [0, 0.05) is 26.2 Å². The number of nitrogens with zero attached hydrogens (tertiary/aromatic N) is 2. The van der Waals surface area contributed by atoms with Gasteiger partial charge in [-0.15, -0.1) is 0 Å². The third-order valence-corrected chi connectivity index (χ3v) is 4.93. The molecule has 1 fully saturated rings. The van der Waals surface area contributed by atoms with Crippen molar-refractivity contribution < 1.29 is 14.3 Å². The zero-order valence-corrected chi connectivity index (χ0v) is 17.7. The molecule has 0 atom stereocenters. The van der Waals surface area contributed by atoms with E-state index in [1.54, 1.807) is 4.90 Å². The van der Waals surface area contributed by atoms with E-state index in [1.807, 2.05) is 51.1 Å². The number of piperidine rings is 1. The van der Waals surface area contributed by atoms with Crippen LogP contribution in [0.15, 0.2) is 30.3 Å². The Balaban J connectivity index is 1.68. The molecule has 0 bridgehead atoms. The molecule has 158 valence electrons. The standard InChI is InChI=1S/C22H32N4O3/c1-21(2,3)29-20(28)25-13-7-12-24-19(27)26-14-10-22(17-23,11-15-26)16-18-8-5-4-6-9-18/h4-6,8-9H,7,10-16H2,1-3H3,(H,24,27)(H,25,28). The van der Waals surface area contributed by atoms with Crippen LogP contribution in [0, 0.1) is 16.7 Å². The molecule has 0 saturated carbocycles. The first kappa shape index (κ1) is 22.5. The molecular formula is C22H32N4O3. The highest BCUT2D eigenvalue weighted by atomic mass is 16.6. The van der Waals surface area contributed by atoms with Gasteiger partial charge in [-0.3, -0.25) is 0 Å². The lowest BCUT2D eigenvalue weighted by atomic mass is 9.75. The Bertz CT molecular complexity index is 714. The van der Waals surface area contributed by atoms with Gasteiger partial charge >= 0.3 is 12.1 Å². The third kappa shape index (κ3) is 7.65. The Morgan fingerprint density at radius 1 is 1.14 bits per heavy atom. The maximum Gasteiger partial charge on any atom is 0.407 e. The van der Waals surface area contributed by atoms with Crippen LogP contribution in [0.3, 0.4) is 0 Å². The second-order valence-corrected chi connectivity index (χ2v) is 8.56. The second kappa shape index (κ2) is 10.1. The van der Waals surface area contributed by atoms with E-state index >= 15 is 0 Å². The fraction of sp³-hybridized carbons (Fsp3) is 0.591. The summed E-state index contributed by atoms with van der Waals surface area (Å²) in [6.07, 6.45) is 2.23. The van der Waals surface area contributed by atoms with Gasteiger partial charge in [0.1, 0.15) is 5.60 Å². The van der Waals surface area contributed by atoms with E-state index < -0.39 is 17.1 Å². The molecule has 0 unspecified atom stereocenters. The Labute approximate surface area is 173 Å². The van der Waals surface area contributed by atoms with E-state index in [0.29, 0.717) is 45.4 Å². The fourth-order valence-electron chi connectivity index (χ4n) is 3.35. The minimum atomic E-state index is -0.522. The normalized spacial score (nSPS) is 15.9. The monoisotopic (exact) mass is 400 g/mol. The van der Waals surface area contributed by atoms with E-state index in [2.05, 4.69) is 16.7 Å². The quantitative estimate of drug-likeness (QED) is 0.715. The van der Waals surface area contributed by atoms with Gasteiger partial charge in [-0.1, -0.05) is 30.3 Å². The van der Waals surface area contributed by atoms with Crippen LogP contribution >= 0.6 is 0 Å². The lowest BCUT2D eigenvalue weighted by Crippen LogP contribution is -2.48. The molecule has 1 heterocycles. The lowest BCUT2D eigenvalue weighted by Gasteiger charge is -2.37. The van der Waals surface area contributed by atoms with Gasteiger partial charge in [0.05, 0.1) is 11.5 Å². The summed E-state index contributed by atoms with van der Waals surface area (Å²) >= 11 is 0. The average molecular weight is 401 g/mol. The number of nitrogens with one attached hydrogen (secondary N) is 2. The Morgan fingerprint density at radius 3 is 2.34 bits per heavy atom. The van der Waals surface area contributed by atoms with Crippen molar-refractivity contribution in [3.8, 4) is 6.07 Å². The molecule has 0 aromatic heterocycles. The number of likely N-dealkylation sites (tertiary alicyclic amines) is 1. The molecule has 3 amide bonds. The minimum absolute atomic E-state index is 0.117. The van der Waals surface area contributed by atoms with Gasteiger partial charge in [0.15, 0.2) is 0 Å². The molecule has 7 heteroatoms. The summed E-state index contributed by atoms with van der Waals surface area (Å²) in [6, 6.07) is 12.4.